The van der Waals surface area contributed by atoms with E-state index in [9.17, 15) is 26.3 Å². The summed E-state index contributed by atoms with van der Waals surface area (Å²) in [6, 6.07) is 9.08. The van der Waals surface area contributed by atoms with Gasteiger partial charge in [0.05, 0.1) is 5.56 Å². The second kappa shape index (κ2) is 11.9. The average molecular weight is 603 g/mol. The highest BCUT2D eigenvalue weighted by molar-refractivity contribution is 5.73. The van der Waals surface area contributed by atoms with Crippen LogP contribution in [0.3, 0.4) is 0 Å². The Morgan fingerprint density at radius 3 is 1.91 bits per heavy atom. The first-order valence-electron chi connectivity index (χ1n) is 13.7. The smallest absolute Gasteiger partial charge is 0.429 e. The molecular weight excluding hydrogens is 576 g/mol. The highest BCUT2D eigenvalue weighted by Gasteiger charge is 2.42. The van der Waals surface area contributed by atoms with E-state index in [4.69, 9.17) is 0 Å². The molecule has 0 saturated carbocycles. The number of alkyl halides is 2. The van der Waals surface area contributed by atoms with Crippen molar-refractivity contribution in [2.75, 3.05) is 0 Å². The van der Waals surface area contributed by atoms with Gasteiger partial charge in [-0.1, -0.05) is 50.6 Å². The highest BCUT2D eigenvalue weighted by atomic mass is 19.3. The zero-order chi connectivity index (χ0) is 31.1. The molecule has 1 aliphatic carbocycles. The number of benzene rings is 4. The van der Waals surface area contributed by atoms with Crippen LogP contribution in [0, 0.1) is 40.8 Å². The van der Waals surface area contributed by atoms with Crippen molar-refractivity contribution < 1.29 is 39.9 Å². The minimum absolute atomic E-state index is 0.206. The molecule has 4 aromatic rings. The lowest BCUT2D eigenvalue weighted by molar-refractivity contribution is -0.189. The third-order valence-electron chi connectivity index (χ3n) is 7.69. The summed E-state index contributed by atoms with van der Waals surface area (Å²) >= 11 is 0. The fourth-order valence-corrected chi connectivity index (χ4v) is 5.61. The zero-order valence-electron chi connectivity index (χ0n) is 23.0. The minimum Gasteiger partial charge on any atom is -0.429 e. The molecule has 0 aromatic heterocycles. The van der Waals surface area contributed by atoms with Crippen LogP contribution >= 0.6 is 0 Å². The van der Waals surface area contributed by atoms with E-state index >= 15 is 8.78 Å². The predicted octanol–water partition coefficient (Wildman–Crippen LogP) is 10.5. The molecule has 0 amide bonds. The van der Waals surface area contributed by atoms with Crippen LogP contribution in [0.5, 0.6) is 5.75 Å². The summed E-state index contributed by atoms with van der Waals surface area (Å²) in [6.45, 7) is 5.32. The molecular formula is C34H26F8O. The molecule has 0 fully saturated rings. The van der Waals surface area contributed by atoms with Crippen LogP contribution in [-0.4, -0.2) is 0 Å². The van der Waals surface area contributed by atoms with Gasteiger partial charge in [0.25, 0.3) is 0 Å². The molecule has 0 radical (unpaired) electrons. The number of ether oxygens (including phenoxy) is 1. The first-order chi connectivity index (χ1) is 20.4. The van der Waals surface area contributed by atoms with Crippen LogP contribution in [0.15, 0.2) is 61.2 Å². The van der Waals surface area contributed by atoms with Crippen molar-refractivity contribution in [1.82, 2.24) is 0 Å². The Hall–Kier alpha value is -4.14. The van der Waals surface area contributed by atoms with E-state index < -0.39 is 69.0 Å². The Bertz CT molecular complexity index is 1640. The van der Waals surface area contributed by atoms with Gasteiger partial charge in [0, 0.05) is 17.7 Å². The second-order valence-electron chi connectivity index (χ2n) is 10.7. The summed E-state index contributed by atoms with van der Waals surface area (Å²) in [5.41, 5.74) is -0.932. The maximum absolute atomic E-state index is 15.2. The quantitative estimate of drug-likeness (QED) is 0.173. The van der Waals surface area contributed by atoms with Gasteiger partial charge < -0.3 is 4.74 Å². The molecule has 1 unspecified atom stereocenters. The van der Waals surface area contributed by atoms with Gasteiger partial charge in [0.1, 0.15) is 46.2 Å². The zero-order valence-corrected chi connectivity index (χ0v) is 23.0. The molecule has 1 nitrogen and oxygen atoms in total. The third-order valence-corrected chi connectivity index (χ3v) is 7.69. The maximum atomic E-state index is 15.2. The number of fused-ring (bicyclic) bond motifs is 1. The Morgan fingerprint density at radius 1 is 0.744 bits per heavy atom. The van der Waals surface area contributed by atoms with Gasteiger partial charge in [-0.25, -0.2) is 26.3 Å². The number of unbranched alkanes of at least 4 members (excludes halogenated alkanes) is 1. The lowest BCUT2D eigenvalue weighted by Crippen LogP contribution is -2.25. The summed E-state index contributed by atoms with van der Waals surface area (Å²) in [4.78, 5) is 0. The molecule has 0 heterocycles. The number of hydrogen-bond acceptors (Lipinski definition) is 1. The van der Waals surface area contributed by atoms with Gasteiger partial charge in [-0.2, -0.15) is 8.78 Å². The van der Waals surface area contributed by atoms with Crippen LogP contribution in [0.1, 0.15) is 48.4 Å². The van der Waals surface area contributed by atoms with E-state index in [1.807, 2.05) is 12.1 Å². The number of hydrogen-bond donors (Lipinski definition) is 0. The van der Waals surface area contributed by atoms with Gasteiger partial charge in [0.2, 0.25) is 0 Å². The maximum Gasteiger partial charge on any atom is 0.432 e. The van der Waals surface area contributed by atoms with Crippen LogP contribution in [-0.2, 0) is 19.0 Å². The van der Waals surface area contributed by atoms with Crippen LogP contribution in [0.25, 0.3) is 28.3 Å². The van der Waals surface area contributed by atoms with Crippen LogP contribution < -0.4 is 4.74 Å². The monoisotopic (exact) mass is 602 g/mol. The first kappa shape index (κ1) is 30.3. The van der Waals surface area contributed by atoms with Crippen LogP contribution in [0.2, 0.25) is 0 Å². The van der Waals surface area contributed by atoms with Gasteiger partial charge in [-0.05, 0) is 77.3 Å². The average Bonchev–Trinajstić information content (AvgIpc) is 3.32. The van der Waals surface area contributed by atoms with Crippen molar-refractivity contribution in [3.8, 4) is 28.0 Å². The molecule has 4 aromatic carbocycles. The largest absolute Gasteiger partial charge is 0.432 e. The number of halogens is 8. The summed E-state index contributed by atoms with van der Waals surface area (Å²) in [5.74, 6) is -9.19. The molecule has 0 bridgehead atoms. The lowest BCUT2D eigenvalue weighted by Gasteiger charge is -2.20. The van der Waals surface area contributed by atoms with Crippen molar-refractivity contribution in [2.45, 2.75) is 45.1 Å². The highest BCUT2D eigenvalue weighted by Crippen LogP contribution is 2.40. The minimum atomic E-state index is -4.74. The van der Waals surface area contributed by atoms with Crippen molar-refractivity contribution in [3.05, 3.63) is 118 Å². The molecule has 1 aliphatic rings. The lowest BCUT2D eigenvalue weighted by atomic mass is 9.96. The Labute approximate surface area is 243 Å². The van der Waals surface area contributed by atoms with E-state index in [0.29, 0.717) is 35.7 Å². The topological polar surface area (TPSA) is 9.23 Å². The van der Waals surface area contributed by atoms with Gasteiger partial charge in [-0.3, -0.25) is 0 Å². The van der Waals surface area contributed by atoms with Crippen molar-refractivity contribution >= 4 is 6.08 Å². The van der Waals surface area contributed by atoms with Gasteiger partial charge in [0.15, 0.2) is 0 Å². The molecule has 0 N–H and O–H groups in total. The molecule has 0 spiro atoms. The van der Waals surface area contributed by atoms with E-state index in [1.54, 1.807) is 6.07 Å². The molecule has 5 rings (SSSR count). The summed E-state index contributed by atoms with van der Waals surface area (Å²) in [6.07, 6.45) is 1.21. The standard InChI is InChI=1S/C34H26F8O/c1-3-5-6-18-9-19-7-8-20(11-21(19)10-18)22-12-28(37)32(29(38)13-22)23-14-30(39)33(31(40)15-23)34(41,42)43-24-16-26(35)25(4-2)27(36)17-24/h4,7-8,11-18H,2-3,5-6,9-10H2,1H3. The van der Waals surface area contributed by atoms with Crippen molar-refractivity contribution in [2.24, 2.45) is 5.92 Å². The summed E-state index contributed by atoms with van der Waals surface area (Å²) in [7, 11) is 0. The Kier molecular flexibility index (Phi) is 8.36. The Morgan fingerprint density at radius 2 is 1.33 bits per heavy atom. The SMILES string of the molecule is C=Cc1c(F)cc(OC(F)(F)c2c(F)cc(-c3c(F)cc(-c4ccc5c(c4)CC(CCCC)C5)cc3F)cc2F)cc1F. The molecule has 0 aliphatic heterocycles. The number of rotatable bonds is 9. The van der Waals surface area contributed by atoms with Gasteiger partial charge >= 0.3 is 6.11 Å². The summed E-state index contributed by atoms with van der Waals surface area (Å²) < 4.78 is 122. The molecule has 9 heteroatoms. The van der Waals surface area contributed by atoms with Crippen LogP contribution in [0.4, 0.5) is 35.1 Å². The van der Waals surface area contributed by atoms with E-state index in [2.05, 4.69) is 18.2 Å². The van der Waals surface area contributed by atoms with Crippen molar-refractivity contribution in [3.63, 3.8) is 0 Å². The molecule has 43 heavy (non-hydrogen) atoms. The predicted molar refractivity (Wildman–Crippen MR) is 149 cm³/mol. The second-order valence-corrected chi connectivity index (χ2v) is 10.7. The molecule has 1 atom stereocenters. The first-order valence-corrected chi connectivity index (χ1v) is 13.7. The van der Waals surface area contributed by atoms with Crippen molar-refractivity contribution in [1.29, 1.82) is 0 Å². The molecule has 224 valence electrons. The summed E-state index contributed by atoms with van der Waals surface area (Å²) in [5, 5.41) is 0. The molecule has 0 saturated heterocycles. The Balaban J connectivity index is 1.43. The normalized spacial score (nSPS) is 14.6. The third kappa shape index (κ3) is 6.03. The fourth-order valence-electron chi connectivity index (χ4n) is 5.61. The van der Waals surface area contributed by atoms with E-state index in [-0.39, 0.29) is 5.56 Å². The van der Waals surface area contributed by atoms with E-state index in [1.165, 1.54) is 5.56 Å². The van der Waals surface area contributed by atoms with Gasteiger partial charge in [-0.15, -0.1) is 0 Å². The van der Waals surface area contributed by atoms with E-state index in [0.717, 1.165) is 55.9 Å². The fraction of sp³-hybridized carbons (Fsp3) is 0.235.